The van der Waals surface area contributed by atoms with E-state index in [0.29, 0.717) is 16.7 Å². The van der Waals surface area contributed by atoms with Gasteiger partial charge in [0.1, 0.15) is 35.2 Å². The van der Waals surface area contributed by atoms with Gasteiger partial charge < -0.3 is 0 Å². The highest BCUT2D eigenvalue weighted by Gasteiger charge is 2.18. The molecule has 5 aromatic heterocycles. The Morgan fingerprint density at radius 1 is 0.349 bits per heavy atom. The molecule has 5 aromatic carbocycles. The Bertz CT molecular complexity index is 4430. The lowest BCUT2D eigenvalue weighted by molar-refractivity contribution is -0.661. The fraction of sp³-hybridized carbons (Fsp3) is 0.321. The molecule has 0 aliphatic carbocycles. The van der Waals surface area contributed by atoms with E-state index < -0.39 is 44.6 Å². The molecule has 0 fully saturated rings. The van der Waals surface area contributed by atoms with Crippen LogP contribution >= 0.6 is 0 Å². The number of aromatic nitrogens is 5. The lowest BCUT2D eigenvalue weighted by atomic mass is 9.99. The molecule has 5 heteroatoms. The quantitative estimate of drug-likeness (QED) is 0.109. The highest BCUT2D eigenvalue weighted by molar-refractivity contribution is 5.64. The summed E-state index contributed by atoms with van der Waals surface area (Å²) in [5.74, 6) is -3.35. The van der Waals surface area contributed by atoms with Gasteiger partial charge in [-0.2, -0.15) is 0 Å². The molecule has 0 radical (unpaired) electrons. The van der Waals surface area contributed by atoms with Gasteiger partial charge in [-0.15, -0.1) is 0 Å². The number of benzene rings is 5. The van der Waals surface area contributed by atoms with Crippen molar-refractivity contribution in [3.63, 3.8) is 0 Å². The number of pyridine rings is 5. The lowest BCUT2D eigenvalue weighted by Crippen LogP contribution is -2.31. The first kappa shape index (κ1) is 49.0. The van der Waals surface area contributed by atoms with Crippen molar-refractivity contribution in [1.29, 1.82) is 0 Å². The van der Waals surface area contributed by atoms with E-state index in [4.69, 9.17) is 19.2 Å². The summed E-state index contributed by atoms with van der Waals surface area (Å²) < 4.78 is 120. The summed E-state index contributed by atoms with van der Waals surface area (Å²) in [6.45, 7) is 17.7. The first-order chi connectivity index (χ1) is 46.4. The summed E-state index contributed by atoms with van der Waals surface area (Å²) in [5, 5.41) is 0. The van der Waals surface area contributed by atoms with Crippen molar-refractivity contribution in [2.24, 2.45) is 47.1 Å². The standard InChI is InChI=1S/2C17H22N.2C16H20N.C15H18N/c1-13(2)11-15-9-10-18(4)17(12-15)16-8-6-5-7-14(16)3;1-13(2)11-15-9-10-17(18(4)12-15)16-8-6-5-7-14(16)3;1-12(2)14-9-10-17(4)16(11-14)15-8-6-5-7-13(15)3;1-12(2)14-9-10-16(17(4)11-14)15-8-6-5-7-13(15)3;1-4-13-9-10-16(3)15(11-13)14-8-6-5-7-12(14)2/h2*5-10,12-13H,11H2,1-4H3;2*5-12H,1-4H3;5-11H,4H2,1-3H3/q5*+1/i2*11D2;2*1D3,12D;4D2. The molecule has 2 atom stereocenters. The Hall–Kier alpha value is -8.15. The van der Waals surface area contributed by atoms with Crippen LogP contribution in [0.1, 0.15) is 149 Å². The number of hydrogen-bond donors (Lipinski definition) is 0. The van der Waals surface area contributed by atoms with E-state index in [-0.39, 0.29) is 11.8 Å². The van der Waals surface area contributed by atoms with Gasteiger partial charge in [-0.1, -0.05) is 153 Å². The minimum atomic E-state index is -2.37. The second kappa shape index (κ2) is 32.4. The molecule has 10 rings (SSSR count). The molecular formula is C81H102N5+5. The molecule has 86 heavy (non-hydrogen) atoms. The van der Waals surface area contributed by atoms with Gasteiger partial charge in [-0.25, -0.2) is 22.8 Å². The van der Waals surface area contributed by atoms with E-state index in [9.17, 15) is 0 Å². The van der Waals surface area contributed by atoms with Crippen LogP contribution in [0.5, 0.6) is 0 Å². The van der Waals surface area contributed by atoms with Gasteiger partial charge >= 0.3 is 0 Å². The second-order valence-electron chi connectivity index (χ2n) is 22.7. The Morgan fingerprint density at radius 3 is 1.07 bits per heavy atom. The summed E-state index contributed by atoms with van der Waals surface area (Å²) in [4.78, 5) is 0. The topological polar surface area (TPSA) is 19.4 Å². The second-order valence-corrected chi connectivity index (χ2v) is 22.7. The van der Waals surface area contributed by atoms with E-state index in [2.05, 4.69) is 57.2 Å². The van der Waals surface area contributed by atoms with Crippen molar-refractivity contribution < 1.29 is 42.0 Å². The third-order valence-electron chi connectivity index (χ3n) is 14.9. The highest BCUT2D eigenvalue weighted by Crippen LogP contribution is 2.26. The van der Waals surface area contributed by atoms with Crippen molar-refractivity contribution in [3.8, 4) is 56.3 Å². The van der Waals surface area contributed by atoms with Gasteiger partial charge in [0.15, 0.2) is 31.0 Å². The molecule has 0 saturated carbocycles. The van der Waals surface area contributed by atoms with E-state index in [0.717, 1.165) is 73.0 Å². The van der Waals surface area contributed by atoms with E-state index in [1.54, 1.807) is 25.3 Å². The van der Waals surface area contributed by atoms with Crippen molar-refractivity contribution >= 4 is 0 Å². The maximum atomic E-state index is 8.26. The van der Waals surface area contributed by atoms with Crippen LogP contribution in [0.3, 0.4) is 0 Å². The average Bonchev–Trinajstić information content (AvgIpc) is 0.797. The normalized spacial score (nSPS) is 15.4. The van der Waals surface area contributed by atoms with Crippen molar-refractivity contribution in [3.05, 3.63) is 269 Å². The fourth-order valence-electron chi connectivity index (χ4n) is 10.0. The zero-order valence-electron chi connectivity index (χ0n) is 68.1. The average molecular weight is 1160 g/mol. The fourth-order valence-corrected chi connectivity index (χ4v) is 10.0. The molecule has 0 bridgehead atoms. The van der Waals surface area contributed by atoms with Gasteiger partial charge in [0.2, 0.25) is 28.5 Å². The molecule has 5 nitrogen and oxygen atoms in total. The van der Waals surface area contributed by atoms with Crippen LogP contribution in [0.15, 0.2) is 213 Å². The highest BCUT2D eigenvalue weighted by atomic mass is 14.9. The molecule has 5 heterocycles. The molecular weight excluding hydrogens is 1040 g/mol. The first-order valence-corrected chi connectivity index (χ1v) is 29.7. The van der Waals surface area contributed by atoms with Crippen LogP contribution in [-0.4, -0.2) is 0 Å². The minimum Gasteiger partial charge on any atom is -0.201 e. The summed E-state index contributed by atoms with van der Waals surface area (Å²) in [6, 6.07) is 59.3. The number of hydrogen-bond acceptors (Lipinski definition) is 0. The Balaban J connectivity index is 0.000000197. The predicted octanol–water partition coefficient (Wildman–Crippen LogP) is 17.6. The SMILES string of the molecule is [2H]C([2H])(C)c1cc[n+](C)c(-c2ccccc2C)c1.[2H]C([2H])([2H])C([2H])(C)c1cc[n+](C)c(-c2ccccc2C)c1.[2H]C([2H])([2H])C([2H])(C)c1ccc(-c2ccccc2C)[n+](C)c1.[2H]C([2H])(c1cc[n+](C)c(-c2ccccc2C)c1)C(C)C.[2H]C([2H])(c1ccc(-c2ccccc2C)[n+](C)c1)C(C)C. The first-order valence-electron chi connectivity index (χ1n) is 36.7. The molecule has 0 N–H and O–H groups in total. The summed E-state index contributed by atoms with van der Waals surface area (Å²) in [6.07, 6.45) is 5.38. The zero-order valence-corrected chi connectivity index (χ0v) is 54.1. The molecule has 10 aromatic rings. The van der Waals surface area contributed by atoms with Gasteiger partial charge in [0, 0.05) is 107 Å². The van der Waals surface area contributed by atoms with Gasteiger partial charge in [-0.05, 0) is 164 Å². The van der Waals surface area contributed by atoms with Gasteiger partial charge in [0.05, 0.1) is 0 Å². The van der Waals surface area contributed by atoms with Crippen LogP contribution in [0.2, 0.25) is 0 Å². The Kier molecular flexibility index (Phi) is 18.5. The maximum absolute atomic E-state index is 8.26. The van der Waals surface area contributed by atoms with Crippen molar-refractivity contribution in [2.45, 2.75) is 128 Å². The molecule has 446 valence electrons. The van der Waals surface area contributed by atoms with Gasteiger partial charge in [-0.3, -0.25) is 0 Å². The van der Waals surface area contributed by atoms with E-state index in [1.165, 1.54) is 36.1 Å². The summed E-state index contributed by atoms with van der Waals surface area (Å²) in [7, 11) is 9.75. The van der Waals surface area contributed by atoms with Crippen molar-refractivity contribution in [1.82, 2.24) is 0 Å². The van der Waals surface area contributed by atoms with Crippen LogP contribution in [0.4, 0.5) is 0 Å². The molecule has 0 spiro atoms. The number of rotatable bonds is 12. The van der Waals surface area contributed by atoms with Crippen LogP contribution in [-0.2, 0) is 54.4 Å². The Morgan fingerprint density at radius 2 is 0.686 bits per heavy atom. The number of aryl methyl sites for hydroxylation is 11. The maximum Gasteiger partial charge on any atom is 0.212 e. The number of nitrogens with zero attached hydrogens (tertiary/aromatic N) is 5. The smallest absolute Gasteiger partial charge is 0.201 e. The van der Waals surface area contributed by atoms with Crippen molar-refractivity contribution in [2.75, 3.05) is 0 Å². The molecule has 0 amide bonds. The molecule has 0 saturated heterocycles. The Labute approximate surface area is 539 Å². The predicted molar refractivity (Wildman–Crippen MR) is 364 cm³/mol. The van der Waals surface area contributed by atoms with Gasteiger partial charge in [0.25, 0.3) is 0 Å². The summed E-state index contributed by atoms with van der Waals surface area (Å²) in [5.41, 5.74) is 19.8. The zero-order chi connectivity index (χ0) is 74.8. The van der Waals surface area contributed by atoms with Crippen LogP contribution in [0.25, 0.3) is 56.3 Å². The molecule has 2 unspecified atom stereocenters. The third kappa shape index (κ3) is 18.9. The van der Waals surface area contributed by atoms with E-state index in [1.807, 2.05) is 258 Å². The third-order valence-corrected chi connectivity index (χ3v) is 14.9. The minimum absolute atomic E-state index is 0.0492. The molecule has 0 aliphatic heterocycles. The largest absolute Gasteiger partial charge is 0.212 e. The van der Waals surface area contributed by atoms with E-state index >= 15 is 0 Å². The molecule has 0 aliphatic rings. The monoisotopic (exact) mass is 1160 g/mol. The summed E-state index contributed by atoms with van der Waals surface area (Å²) >= 11 is 0. The van der Waals surface area contributed by atoms with Crippen LogP contribution in [0, 0.1) is 46.5 Å². The lowest BCUT2D eigenvalue weighted by Gasteiger charge is -2.08. The van der Waals surface area contributed by atoms with Crippen LogP contribution < -0.4 is 22.8 Å².